The summed E-state index contributed by atoms with van der Waals surface area (Å²) in [5.41, 5.74) is 4.00. The van der Waals surface area contributed by atoms with Crippen molar-refractivity contribution in [3.8, 4) is 5.75 Å². The first-order valence-corrected chi connectivity index (χ1v) is 8.55. The highest BCUT2D eigenvalue weighted by Gasteiger charge is 2.55. The van der Waals surface area contributed by atoms with Crippen molar-refractivity contribution >= 4 is 5.78 Å². The van der Waals surface area contributed by atoms with E-state index in [-0.39, 0.29) is 5.41 Å². The Morgan fingerprint density at radius 1 is 1.27 bits per heavy atom. The van der Waals surface area contributed by atoms with Gasteiger partial charge in [0.15, 0.2) is 0 Å². The Hall–Kier alpha value is -1.57. The maximum atomic E-state index is 12.5. The fourth-order valence-corrected chi connectivity index (χ4v) is 5.57. The van der Waals surface area contributed by atoms with Gasteiger partial charge in [-0.3, -0.25) is 4.79 Å². The molecule has 2 saturated carbocycles. The molecule has 0 heterocycles. The second-order valence-electron chi connectivity index (χ2n) is 7.59. The van der Waals surface area contributed by atoms with Gasteiger partial charge in [0.1, 0.15) is 11.5 Å². The van der Waals surface area contributed by atoms with Crippen molar-refractivity contribution < 1.29 is 9.90 Å². The fraction of sp³-hybridized carbons (Fsp3) is 0.550. The van der Waals surface area contributed by atoms with Gasteiger partial charge >= 0.3 is 0 Å². The first kappa shape index (κ1) is 14.0. The van der Waals surface area contributed by atoms with Crippen LogP contribution in [0.5, 0.6) is 5.75 Å². The van der Waals surface area contributed by atoms with E-state index in [2.05, 4.69) is 26.0 Å². The predicted molar refractivity (Wildman–Crippen MR) is 86.9 cm³/mol. The maximum Gasteiger partial charge on any atom is 0.139 e. The van der Waals surface area contributed by atoms with Crippen molar-refractivity contribution in [2.45, 2.75) is 51.9 Å². The van der Waals surface area contributed by atoms with E-state index in [0.717, 1.165) is 32.1 Å². The minimum absolute atomic E-state index is 0.128. The molecule has 4 unspecified atom stereocenters. The van der Waals surface area contributed by atoms with Crippen LogP contribution >= 0.6 is 0 Å². The lowest BCUT2D eigenvalue weighted by molar-refractivity contribution is -0.128. The van der Waals surface area contributed by atoms with Crippen LogP contribution in [0.3, 0.4) is 0 Å². The van der Waals surface area contributed by atoms with Crippen LogP contribution in [0.1, 0.15) is 56.6 Å². The number of benzene rings is 1. The number of carbonyl (C=O) groups excluding carboxylic acids is 1. The van der Waals surface area contributed by atoms with Crippen molar-refractivity contribution in [1.82, 2.24) is 0 Å². The average molecular weight is 296 g/mol. The minimum atomic E-state index is -0.128. The molecular weight excluding hydrogens is 272 g/mol. The van der Waals surface area contributed by atoms with Gasteiger partial charge < -0.3 is 5.11 Å². The highest BCUT2D eigenvalue weighted by molar-refractivity contribution is 5.87. The van der Waals surface area contributed by atoms with Gasteiger partial charge in [-0.25, -0.2) is 0 Å². The number of allylic oxidation sites excluding steroid dienone is 2. The Labute approximate surface area is 132 Å². The number of phenolic OH excluding ortho intramolecular Hbond substituents is 1. The summed E-state index contributed by atoms with van der Waals surface area (Å²) in [4.78, 5) is 12.5. The van der Waals surface area contributed by atoms with E-state index in [1.807, 2.05) is 12.1 Å². The molecule has 0 saturated heterocycles. The number of rotatable bonds is 0. The molecule has 3 aliphatic carbocycles. The number of Topliss-reactive ketones (excluding diaryl/α,β-unsaturated/α-hetero) is 1. The Morgan fingerprint density at radius 2 is 2.09 bits per heavy atom. The molecule has 0 bridgehead atoms. The van der Waals surface area contributed by atoms with E-state index in [0.29, 0.717) is 29.3 Å². The lowest BCUT2D eigenvalue weighted by Crippen LogP contribution is -2.43. The predicted octanol–water partition coefficient (Wildman–Crippen LogP) is 4.37. The third kappa shape index (κ3) is 1.76. The number of hydrogen-bond donors (Lipinski definition) is 1. The summed E-state index contributed by atoms with van der Waals surface area (Å²) >= 11 is 0. The number of aryl methyl sites for hydroxylation is 1. The third-order valence-electron chi connectivity index (χ3n) is 6.63. The molecule has 3 aliphatic rings. The summed E-state index contributed by atoms with van der Waals surface area (Å²) in [5.74, 6) is 2.44. The highest BCUT2D eigenvalue weighted by Crippen LogP contribution is 2.61. The van der Waals surface area contributed by atoms with Crippen molar-refractivity contribution in [3.63, 3.8) is 0 Å². The molecule has 1 N–H and O–H groups in total. The molecule has 1 aromatic rings. The number of hydrogen-bond acceptors (Lipinski definition) is 2. The van der Waals surface area contributed by atoms with Crippen LogP contribution in [0.2, 0.25) is 0 Å². The number of carbonyl (C=O) groups is 1. The zero-order valence-corrected chi connectivity index (χ0v) is 13.4. The van der Waals surface area contributed by atoms with Gasteiger partial charge in [0.05, 0.1) is 0 Å². The normalized spacial score (nSPS) is 38.5. The fourth-order valence-electron chi connectivity index (χ4n) is 5.57. The molecule has 0 spiro atoms. The van der Waals surface area contributed by atoms with E-state index in [1.54, 1.807) is 0 Å². The Bertz CT molecular complexity index is 672. The summed E-state index contributed by atoms with van der Waals surface area (Å²) in [6.45, 7) is 4.32. The molecule has 0 amide bonds. The molecule has 0 radical (unpaired) electrons. The lowest BCUT2D eigenvalue weighted by atomic mass is 9.54. The molecule has 22 heavy (non-hydrogen) atoms. The standard InChI is InChI=1S/C20H24O2/c1-3-12-11-20(2)17(8-9-18(20)22)16-6-4-13-10-14(21)5-7-15(13)19(12)16/h3,5,7,10,16-17,19,21H,4,6,8-9,11H2,1-2H3/b12-3+. The van der Waals surface area contributed by atoms with Gasteiger partial charge in [-0.2, -0.15) is 0 Å². The Kier molecular flexibility index (Phi) is 3.01. The second kappa shape index (κ2) is 4.71. The monoisotopic (exact) mass is 296 g/mol. The first-order chi connectivity index (χ1) is 10.5. The Morgan fingerprint density at radius 3 is 2.86 bits per heavy atom. The molecule has 2 nitrogen and oxygen atoms in total. The molecule has 0 aromatic heterocycles. The quantitative estimate of drug-likeness (QED) is 0.722. The van der Waals surface area contributed by atoms with E-state index in [1.165, 1.54) is 16.7 Å². The molecule has 4 rings (SSSR count). The van der Waals surface area contributed by atoms with E-state index < -0.39 is 0 Å². The van der Waals surface area contributed by atoms with Crippen molar-refractivity contribution in [1.29, 1.82) is 0 Å². The molecule has 2 fully saturated rings. The van der Waals surface area contributed by atoms with Crippen LogP contribution in [-0.2, 0) is 11.2 Å². The van der Waals surface area contributed by atoms with E-state index >= 15 is 0 Å². The summed E-state index contributed by atoms with van der Waals surface area (Å²) in [6, 6.07) is 5.87. The van der Waals surface area contributed by atoms with Gasteiger partial charge in [0.25, 0.3) is 0 Å². The van der Waals surface area contributed by atoms with E-state index in [4.69, 9.17) is 0 Å². The van der Waals surface area contributed by atoms with Crippen LogP contribution in [0.15, 0.2) is 29.8 Å². The molecule has 1 aromatic carbocycles. The summed E-state index contributed by atoms with van der Waals surface area (Å²) in [6.07, 6.45) is 7.18. The number of fused-ring (bicyclic) bond motifs is 5. The zero-order chi connectivity index (χ0) is 15.5. The van der Waals surface area contributed by atoms with Gasteiger partial charge in [-0.05, 0) is 67.7 Å². The van der Waals surface area contributed by atoms with Crippen molar-refractivity contribution in [3.05, 3.63) is 41.0 Å². The zero-order valence-electron chi connectivity index (χ0n) is 13.4. The third-order valence-corrected chi connectivity index (χ3v) is 6.63. The Balaban J connectivity index is 1.83. The SMILES string of the molecule is C/C=C1\CC2(C)C(=O)CCC2C2CCc3cc(O)ccc3C12. The summed E-state index contributed by atoms with van der Waals surface area (Å²) < 4.78 is 0. The largest absolute Gasteiger partial charge is 0.508 e. The van der Waals surface area contributed by atoms with Crippen LogP contribution in [0.25, 0.3) is 0 Å². The highest BCUT2D eigenvalue weighted by atomic mass is 16.3. The average Bonchev–Trinajstić information content (AvgIpc) is 2.81. The van der Waals surface area contributed by atoms with Gasteiger partial charge in [0.2, 0.25) is 0 Å². The van der Waals surface area contributed by atoms with Crippen molar-refractivity contribution in [2.24, 2.45) is 17.3 Å². The van der Waals surface area contributed by atoms with Crippen LogP contribution in [-0.4, -0.2) is 10.9 Å². The minimum Gasteiger partial charge on any atom is -0.508 e. The van der Waals surface area contributed by atoms with Crippen molar-refractivity contribution in [2.75, 3.05) is 0 Å². The van der Waals surface area contributed by atoms with Crippen LogP contribution < -0.4 is 0 Å². The van der Waals surface area contributed by atoms with Crippen LogP contribution in [0, 0.1) is 17.3 Å². The van der Waals surface area contributed by atoms with Gasteiger partial charge in [0, 0.05) is 17.8 Å². The number of aromatic hydroxyl groups is 1. The van der Waals surface area contributed by atoms with E-state index in [9.17, 15) is 9.90 Å². The lowest BCUT2D eigenvalue weighted by Gasteiger charge is -2.49. The molecule has 116 valence electrons. The first-order valence-electron chi connectivity index (χ1n) is 8.55. The smallest absolute Gasteiger partial charge is 0.139 e. The molecule has 4 atom stereocenters. The topological polar surface area (TPSA) is 37.3 Å². The second-order valence-corrected chi connectivity index (χ2v) is 7.59. The molecule has 0 aliphatic heterocycles. The summed E-state index contributed by atoms with van der Waals surface area (Å²) in [7, 11) is 0. The number of phenols is 1. The van der Waals surface area contributed by atoms with Gasteiger partial charge in [-0.15, -0.1) is 0 Å². The van der Waals surface area contributed by atoms with Crippen LogP contribution in [0.4, 0.5) is 0 Å². The maximum absolute atomic E-state index is 12.5. The molecule has 2 heteroatoms. The van der Waals surface area contributed by atoms with Gasteiger partial charge in [-0.1, -0.05) is 24.6 Å². The summed E-state index contributed by atoms with van der Waals surface area (Å²) in [5, 5.41) is 9.77. The number of ketones is 1. The molecular formula is C20H24O2.